The molecule has 1 fully saturated rings. The van der Waals surface area contributed by atoms with Crippen molar-refractivity contribution >= 4 is 16.7 Å². The maximum atomic E-state index is 5.66. The lowest BCUT2D eigenvalue weighted by Gasteiger charge is -2.32. The Hall–Kier alpha value is -3.58. The summed E-state index contributed by atoms with van der Waals surface area (Å²) in [5.74, 6) is 1.28. The zero-order valence-electron chi connectivity index (χ0n) is 17.9. The van der Waals surface area contributed by atoms with Gasteiger partial charge in [-0.3, -0.25) is 0 Å². The zero-order chi connectivity index (χ0) is 21.5. The Labute approximate surface area is 185 Å². The molecule has 160 valence electrons. The molecule has 1 unspecified atom stereocenters. The Bertz CT molecular complexity index is 1380. The molecule has 0 bridgehead atoms. The molecule has 7 heteroatoms. The van der Waals surface area contributed by atoms with Crippen LogP contribution in [0.3, 0.4) is 0 Å². The minimum Gasteiger partial charge on any atom is -0.381 e. The van der Waals surface area contributed by atoms with E-state index < -0.39 is 0 Å². The first kappa shape index (κ1) is 19.1. The number of aryl methyl sites for hydroxylation is 1. The lowest BCUT2D eigenvalue weighted by molar-refractivity contribution is 0.0547. The van der Waals surface area contributed by atoms with Crippen LogP contribution in [-0.4, -0.2) is 42.6 Å². The van der Waals surface area contributed by atoms with Crippen LogP contribution in [0.4, 0.5) is 0 Å². The summed E-state index contributed by atoms with van der Waals surface area (Å²) >= 11 is 0. The van der Waals surface area contributed by atoms with Gasteiger partial charge in [0.2, 0.25) is 0 Å². The molecule has 0 aliphatic carbocycles. The molecule has 6 rings (SSSR count). The molecule has 0 spiro atoms. The van der Waals surface area contributed by atoms with Gasteiger partial charge in [-0.1, -0.05) is 36.4 Å². The van der Waals surface area contributed by atoms with E-state index in [2.05, 4.69) is 63.3 Å². The summed E-state index contributed by atoms with van der Waals surface area (Å²) in [6.45, 7) is 3.54. The number of fused-ring (bicyclic) bond motifs is 2. The van der Waals surface area contributed by atoms with E-state index in [0.717, 1.165) is 59.8 Å². The van der Waals surface area contributed by atoms with E-state index in [-0.39, 0.29) is 6.04 Å². The molecular weight excluding hydrogens is 400 g/mol. The first-order valence-electron chi connectivity index (χ1n) is 11.1. The average molecular weight is 425 g/mol. The van der Waals surface area contributed by atoms with Gasteiger partial charge in [0.05, 0.1) is 29.1 Å². The fourth-order valence-electron chi connectivity index (χ4n) is 4.80. The molecule has 0 saturated carbocycles. The van der Waals surface area contributed by atoms with E-state index in [1.54, 1.807) is 4.52 Å². The van der Waals surface area contributed by atoms with Crippen LogP contribution in [0.5, 0.6) is 0 Å². The molecule has 1 atom stereocenters. The number of imidazole rings is 1. The predicted octanol–water partition coefficient (Wildman–Crippen LogP) is 4.47. The van der Waals surface area contributed by atoms with Gasteiger partial charge in [0.25, 0.3) is 0 Å². The number of ether oxygens (including phenoxy) is 1. The molecule has 2 aromatic carbocycles. The number of benzene rings is 2. The van der Waals surface area contributed by atoms with E-state index in [1.807, 2.05) is 25.4 Å². The maximum Gasteiger partial charge on any atom is 0.177 e. The number of rotatable bonds is 4. The van der Waals surface area contributed by atoms with Crippen molar-refractivity contribution in [3.63, 3.8) is 0 Å². The largest absolute Gasteiger partial charge is 0.381 e. The second kappa shape index (κ2) is 7.84. The molecular formula is C25H24N6O. The molecule has 0 amide bonds. The topological polar surface area (TPSA) is 70.1 Å². The minimum atomic E-state index is 0.218. The van der Waals surface area contributed by atoms with Crippen molar-refractivity contribution in [2.24, 2.45) is 5.92 Å². The van der Waals surface area contributed by atoms with Crippen LogP contribution in [-0.2, 0) is 4.74 Å². The van der Waals surface area contributed by atoms with Gasteiger partial charge < -0.3 is 9.30 Å². The summed E-state index contributed by atoms with van der Waals surface area (Å²) in [6, 6.07) is 21.3. The number of hydrogen-bond acceptors (Lipinski definition) is 5. The molecule has 4 heterocycles. The van der Waals surface area contributed by atoms with Crippen LogP contribution in [0, 0.1) is 12.8 Å². The quantitative estimate of drug-likeness (QED) is 0.426. The zero-order valence-corrected chi connectivity index (χ0v) is 17.9. The normalized spacial score (nSPS) is 16.0. The average Bonchev–Trinajstić information content (AvgIpc) is 3.44. The number of hydrogen-bond donors (Lipinski definition) is 0. The number of aromatic nitrogens is 6. The molecule has 32 heavy (non-hydrogen) atoms. The third-order valence-electron chi connectivity index (χ3n) is 6.44. The predicted molar refractivity (Wildman–Crippen MR) is 122 cm³/mol. The lowest BCUT2D eigenvalue weighted by Crippen LogP contribution is -2.26. The van der Waals surface area contributed by atoms with Gasteiger partial charge in [0.15, 0.2) is 11.5 Å². The molecule has 1 saturated heterocycles. The Morgan fingerprint density at radius 3 is 2.66 bits per heavy atom. The van der Waals surface area contributed by atoms with Crippen molar-refractivity contribution in [3.8, 4) is 11.3 Å². The third-order valence-corrected chi connectivity index (χ3v) is 6.44. The van der Waals surface area contributed by atoms with Crippen LogP contribution >= 0.6 is 0 Å². The van der Waals surface area contributed by atoms with Gasteiger partial charge in [-0.15, -0.1) is 10.2 Å². The van der Waals surface area contributed by atoms with Crippen molar-refractivity contribution in [1.29, 1.82) is 0 Å². The minimum absolute atomic E-state index is 0.218. The maximum absolute atomic E-state index is 5.66. The van der Waals surface area contributed by atoms with E-state index in [1.165, 1.54) is 5.56 Å². The van der Waals surface area contributed by atoms with Crippen LogP contribution < -0.4 is 0 Å². The molecule has 0 radical (unpaired) electrons. The highest BCUT2D eigenvalue weighted by Gasteiger charge is 2.28. The Morgan fingerprint density at radius 1 is 0.969 bits per heavy atom. The number of nitrogens with zero attached hydrogens (tertiary/aromatic N) is 6. The van der Waals surface area contributed by atoms with Crippen LogP contribution in [0.25, 0.3) is 27.9 Å². The van der Waals surface area contributed by atoms with Crippen molar-refractivity contribution in [1.82, 2.24) is 29.4 Å². The Balaban J connectivity index is 1.48. The van der Waals surface area contributed by atoms with Crippen LogP contribution in [0.15, 0.2) is 67.0 Å². The van der Waals surface area contributed by atoms with Crippen molar-refractivity contribution in [2.75, 3.05) is 13.2 Å². The van der Waals surface area contributed by atoms with Crippen LogP contribution in [0.1, 0.15) is 30.3 Å². The standard InChI is InChI=1S/C25H24N6O/c1-17-27-28-24-10-9-21(29-31(17)24)20-7-8-22-23(15-20)30(16-26-22)25(18-5-3-2-4-6-18)19-11-13-32-14-12-19/h2-10,15-16,19,25H,11-14H2,1H3. The van der Waals surface area contributed by atoms with Crippen molar-refractivity contribution in [2.45, 2.75) is 25.8 Å². The van der Waals surface area contributed by atoms with Gasteiger partial charge >= 0.3 is 0 Å². The van der Waals surface area contributed by atoms with E-state index in [9.17, 15) is 0 Å². The highest BCUT2D eigenvalue weighted by atomic mass is 16.5. The Kier molecular flexibility index (Phi) is 4.69. The first-order valence-corrected chi connectivity index (χ1v) is 11.1. The third kappa shape index (κ3) is 3.26. The summed E-state index contributed by atoms with van der Waals surface area (Å²) in [6.07, 6.45) is 4.08. The fraction of sp³-hybridized carbons (Fsp3) is 0.280. The summed E-state index contributed by atoms with van der Waals surface area (Å²) < 4.78 is 9.78. The smallest absolute Gasteiger partial charge is 0.177 e. The van der Waals surface area contributed by atoms with Crippen molar-refractivity contribution in [3.05, 3.63) is 78.4 Å². The van der Waals surface area contributed by atoms with Gasteiger partial charge in [-0.2, -0.15) is 9.61 Å². The van der Waals surface area contributed by atoms with Gasteiger partial charge in [-0.05, 0) is 55.5 Å². The summed E-state index contributed by atoms with van der Waals surface area (Å²) in [5, 5.41) is 13.0. The van der Waals surface area contributed by atoms with Crippen molar-refractivity contribution < 1.29 is 4.74 Å². The van der Waals surface area contributed by atoms with E-state index in [4.69, 9.17) is 14.8 Å². The first-order chi connectivity index (χ1) is 15.8. The SMILES string of the molecule is Cc1nnc2ccc(-c3ccc4ncn(C(c5ccccc5)C5CCOCC5)c4c3)nn12. The molecule has 3 aromatic heterocycles. The van der Waals surface area contributed by atoms with Gasteiger partial charge in [0, 0.05) is 18.8 Å². The lowest BCUT2D eigenvalue weighted by atomic mass is 9.86. The molecule has 1 aliphatic rings. The molecule has 7 nitrogen and oxygen atoms in total. The summed E-state index contributed by atoms with van der Waals surface area (Å²) in [5.41, 5.74) is 6.10. The second-order valence-electron chi connectivity index (χ2n) is 8.40. The highest BCUT2D eigenvalue weighted by molar-refractivity contribution is 5.81. The van der Waals surface area contributed by atoms with E-state index >= 15 is 0 Å². The van der Waals surface area contributed by atoms with Gasteiger partial charge in [-0.25, -0.2) is 4.98 Å². The Morgan fingerprint density at radius 2 is 1.81 bits per heavy atom. The van der Waals surface area contributed by atoms with Crippen LogP contribution in [0.2, 0.25) is 0 Å². The highest BCUT2D eigenvalue weighted by Crippen LogP contribution is 2.36. The fourth-order valence-corrected chi connectivity index (χ4v) is 4.80. The van der Waals surface area contributed by atoms with E-state index in [0.29, 0.717) is 5.92 Å². The molecule has 1 aliphatic heterocycles. The molecule has 0 N–H and O–H groups in total. The summed E-state index contributed by atoms with van der Waals surface area (Å²) in [4.78, 5) is 4.74. The molecule has 5 aromatic rings. The second-order valence-corrected chi connectivity index (χ2v) is 8.40. The monoisotopic (exact) mass is 424 g/mol. The summed E-state index contributed by atoms with van der Waals surface area (Å²) in [7, 11) is 0. The van der Waals surface area contributed by atoms with Gasteiger partial charge in [0.1, 0.15) is 0 Å².